The molecule has 4 nitrogen and oxygen atoms in total. The summed E-state index contributed by atoms with van der Waals surface area (Å²) in [5.74, 6) is 0.977. The van der Waals surface area contributed by atoms with Crippen molar-refractivity contribution in [1.29, 1.82) is 5.41 Å². The second-order valence-corrected chi connectivity index (χ2v) is 5.40. The first kappa shape index (κ1) is 11.5. The number of nitrogen functional groups attached to an aromatic ring is 1. The minimum atomic E-state index is 0.145. The van der Waals surface area contributed by atoms with E-state index in [9.17, 15) is 0 Å². The molecule has 2 unspecified atom stereocenters. The average Bonchev–Trinajstić information content (AvgIpc) is 2.82. The molecule has 96 valence electrons. The number of nitrogens with zero attached hydrogens (tertiary/aromatic N) is 2. The van der Waals surface area contributed by atoms with Gasteiger partial charge in [-0.3, -0.25) is 10.4 Å². The number of fused-ring (bicyclic) bond motifs is 1. The van der Waals surface area contributed by atoms with Gasteiger partial charge in [0.1, 0.15) is 5.84 Å². The molecule has 3 N–H and O–H groups in total. The third-order valence-corrected chi connectivity index (χ3v) is 4.41. The van der Waals surface area contributed by atoms with Crippen molar-refractivity contribution in [3.8, 4) is 0 Å². The quantitative estimate of drug-likeness (QED) is 0.618. The largest absolute Gasteiger partial charge is 0.384 e. The first-order valence-electron chi connectivity index (χ1n) is 6.82. The van der Waals surface area contributed by atoms with Gasteiger partial charge in [-0.1, -0.05) is 12.8 Å². The van der Waals surface area contributed by atoms with Crippen molar-refractivity contribution in [3.63, 3.8) is 0 Å². The molecular weight excluding hydrogens is 224 g/mol. The van der Waals surface area contributed by atoms with Crippen LogP contribution in [0.2, 0.25) is 0 Å². The molecule has 4 heteroatoms. The molecule has 1 aliphatic carbocycles. The van der Waals surface area contributed by atoms with Crippen LogP contribution in [0.5, 0.6) is 0 Å². The van der Waals surface area contributed by atoms with Crippen LogP contribution in [0.4, 0.5) is 5.69 Å². The molecule has 0 amide bonds. The van der Waals surface area contributed by atoms with Crippen LogP contribution in [0, 0.1) is 11.3 Å². The Hall–Kier alpha value is -1.58. The standard InChI is InChI=1S/C14H20N4/c15-14(16)11-5-7-17-9-13(11)18-8-6-10-3-1-2-4-12(10)18/h5,7,9-10,12H,1-4,6,8H2,(H3,15,16). The van der Waals surface area contributed by atoms with Crippen LogP contribution in [-0.4, -0.2) is 23.4 Å². The Kier molecular flexibility index (Phi) is 2.94. The summed E-state index contributed by atoms with van der Waals surface area (Å²) in [5.41, 5.74) is 7.56. The molecular formula is C14H20N4. The minimum Gasteiger partial charge on any atom is -0.384 e. The van der Waals surface area contributed by atoms with Gasteiger partial charge in [-0.2, -0.15) is 0 Å². The zero-order chi connectivity index (χ0) is 12.5. The third kappa shape index (κ3) is 1.85. The maximum Gasteiger partial charge on any atom is 0.125 e. The fraction of sp³-hybridized carbons (Fsp3) is 0.571. The van der Waals surface area contributed by atoms with E-state index in [4.69, 9.17) is 11.1 Å². The number of hydrogen-bond donors (Lipinski definition) is 2. The van der Waals surface area contributed by atoms with Crippen LogP contribution in [-0.2, 0) is 0 Å². The van der Waals surface area contributed by atoms with Crippen molar-refractivity contribution < 1.29 is 0 Å². The molecule has 0 aromatic carbocycles. The van der Waals surface area contributed by atoms with Gasteiger partial charge in [0, 0.05) is 24.3 Å². The molecule has 0 radical (unpaired) electrons. The highest BCUT2D eigenvalue weighted by Gasteiger charge is 2.36. The summed E-state index contributed by atoms with van der Waals surface area (Å²) in [6, 6.07) is 2.49. The van der Waals surface area contributed by atoms with Gasteiger partial charge in [0.05, 0.1) is 11.9 Å². The maximum atomic E-state index is 7.70. The van der Waals surface area contributed by atoms with Crippen LogP contribution in [0.15, 0.2) is 18.5 Å². The average molecular weight is 244 g/mol. The van der Waals surface area contributed by atoms with Gasteiger partial charge >= 0.3 is 0 Å². The minimum absolute atomic E-state index is 0.145. The lowest BCUT2D eigenvalue weighted by Crippen LogP contribution is -2.36. The van der Waals surface area contributed by atoms with Crippen molar-refractivity contribution in [2.45, 2.75) is 38.1 Å². The smallest absolute Gasteiger partial charge is 0.125 e. The van der Waals surface area contributed by atoms with E-state index in [1.54, 1.807) is 6.20 Å². The summed E-state index contributed by atoms with van der Waals surface area (Å²) in [5, 5.41) is 7.70. The summed E-state index contributed by atoms with van der Waals surface area (Å²) in [4.78, 5) is 6.65. The molecule has 3 rings (SSSR count). The van der Waals surface area contributed by atoms with Gasteiger partial charge in [-0.05, 0) is 31.2 Å². The topological polar surface area (TPSA) is 66.0 Å². The summed E-state index contributed by atoms with van der Waals surface area (Å²) in [6.45, 7) is 1.08. The van der Waals surface area contributed by atoms with Gasteiger partial charge in [0.25, 0.3) is 0 Å². The van der Waals surface area contributed by atoms with Gasteiger partial charge in [0.2, 0.25) is 0 Å². The number of amidine groups is 1. The Balaban J connectivity index is 1.93. The molecule has 1 aliphatic heterocycles. The summed E-state index contributed by atoms with van der Waals surface area (Å²) in [7, 11) is 0. The van der Waals surface area contributed by atoms with Gasteiger partial charge in [-0.15, -0.1) is 0 Å². The molecule has 0 spiro atoms. The van der Waals surface area contributed by atoms with Gasteiger partial charge in [-0.25, -0.2) is 0 Å². The van der Waals surface area contributed by atoms with Crippen molar-refractivity contribution in [2.24, 2.45) is 11.7 Å². The zero-order valence-electron chi connectivity index (χ0n) is 10.6. The molecule has 1 aromatic heterocycles. The lowest BCUT2D eigenvalue weighted by atomic mass is 9.85. The Labute approximate surface area is 108 Å². The monoisotopic (exact) mass is 244 g/mol. The number of nitrogens with two attached hydrogens (primary N) is 1. The van der Waals surface area contributed by atoms with Crippen LogP contribution in [0.25, 0.3) is 0 Å². The number of anilines is 1. The van der Waals surface area contributed by atoms with Crippen LogP contribution in [0.1, 0.15) is 37.7 Å². The Morgan fingerprint density at radius 1 is 1.33 bits per heavy atom. The molecule has 18 heavy (non-hydrogen) atoms. The van der Waals surface area contributed by atoms with Crippen molar-refractivity contribution in [2.75, 3.05) is 11.4 Å². The highest BCUT2D eigenvalue weighted by atomic mass is 15.2. The molecule has 0 bridgehead atoms. The SMILES string of the molecule is N=C(N)c1ccncc1N1CCC2CCCCC21. The Morgan fingerprint density at radius 3 is 3.00 bits per heavy atom. The fourth-order valence-corrected chi connectivity index (χ4v) is 3.55. The highest BCUT2D eigenvalue weighted by molar-refractivity contribution is 6.00. The molecule has 2 aliphatic rings. The normalized spacial score (nSPS) is 27.0. The third-order valence-electron chi connectivity index (χ3n) is 4.41. The number of aromatic nitrogens is 1. The second kappa shape index (κ2) is 4.59. The molecule has 1 saturated carbocycles. The van der Waals surface area contributed by atoms with Crippen molar-refractivity contribution in [1.82, 2.24) is 4.98 Å². The first-order valence-corrected chi connectivity index (χ1v) is 6.82. The summed E-state index contributed by atoms with van der Waals surface area (Å²) >= 11 is 0. The summed E-state index contributed by atoms with van der Waals surface area (Å²) in [6.07, 6.45) is 10.2. The van der Waals surface area contributed by atoms with Gasteiger partial charge in [0.15, 0.2) is 0 Å². The van der Waals surface area contributed by atoms with E-state index < -0.39 is 0 Å². The predicted octanol–water partition coefficient (Wildman–Crippen LogP) is 2.13. The lowest BCUT2D eigenvalue weighted by molar-refractivity contribution is 0.342. The number of nitrogens with one attached hydrogen (secondary N) is 1. The van der Waals surface area contributed by atoms with Crippen molar-refractivity contribution in [3.05, 3.63) is 24.0 Å². The Bertz CT molecular complexity index is 457. The van der Waals surface area contributed by atoms with Crippen LogP contribution < -0.4 is 10.6 Å². The van der Waals surface area contributed by atoms with Gasteiger partial charge < -0.3 is 10.6 Å². The van der Waals surface area contributed by atoms with E-state index in [1.165, 1.54) is 32.1 Å². The van der Waals surface area contributed by atoms with E-state index in [-0.39, 0.29) is 5.84 Å². The molecule has 2 heterocycles. The lowest BCUT2D eigenvalue weighted by Gasteiger charge is -2.33. The summed E-state index contributed by atoms with van der Waals surface area (Å²) < 4.78 is 0. The molecule has 2 atom stereocenters. The fourth-order valence-electron chi connectivity index (χ4n) is 3.55. The molecule has 1 aromatic rings. The van der Waals surface area contributed by atoms with E-state index in [0.717, 1.165) is 23.7 Å². The maximum absolute atomic E-state index is 7.70. The zero-order valence-corrected chi connectivity index (χ0v) is 10.6. The van der Waals surface area contributed by atoms with Crippen LogP contribution in [0.3, 0.4) is 0 Å². The number of pyridine rings is 1. The van der Waals surface area contributed by atoms with E-state index in [1.807, 2.05) is 12.3 Å². The van der Waals surface area contributed by atoms with E-state index in [0.29, 0.717) is 6.04 Å². The second-order valence-electron chi connectivity index (χ2n) is 5.40. The number of rotatable bonds is 2. The van der Waals surface area contributed by atoms with E-state index >= 15 is 0 Å². The first-order chi connectivity index (χ1) is 8.77. The molecule has 2 fully saturated rings. The van der Waals surface area contributed by atoms with E-state index in [2.05, 4.69) is 9.88 Å². The van der Waals surface area contributed by atoms with Crippen LogP contribution >= 0.6 is 0 Å². The Morgan fingerprint density at radius 2 is 2.17 bits per heavy atom. The predicted molar refractivity (Wildman–Crippen MR) is 73.0 cm³/mol. The van der Waals surface area contributed by atoms with Crippen molar-refractivity contribution >= 4 is 11.5 Å². The highest BCUT2D eigenvalue weighted by Crippen LogP contribution is 2.39. The number of hydrogen-bond acceptors (Lipinski definition) is 3. The molecule has 1 saturated heterocycles.